The molecule has 3 aromatic carbocycles. The van der Waals surface area contributed by atoms with E-state index in [0.717, 1.165) is 52.4 Å². The molecule has 1 aliphatic heterocycles. The lowest BCUT2D eigenvalue weighted by molar-refractivity contribution is -0.115. The Morgan fingerprint density at radius 1 is 1.00 bits per heavy atom. The average Bonchev–Trinajstić information content (AvgIpc) is 3.26. The second-order valence-electron chi connectivity index (χ2n) is 8.16. The van der Waals surface area contributed by atoms with Gasteiger partial charge < -0.3 is 15.0 Å². The van der Waals surface area contributed by atoms with Crippen molar-refractivity contribution >= 4 is 17.4 Å². The van der Waals surface area contributed by atoms with Gasteiger partial charge in [0.05, 0.1) is 19.2 Å². The number of ether oxygens (including phenoxy) is 1. The zero-order valence-corrected chi connectivity index (χ0v) is 18.5. The second-order valence-corrected chi connectivity index (χ2v) is 8.16. The fourth-order valence-corrected chi connectivity index (χ4v) is 4.30. The highest BCUT2D eigenvalue weighted by atomic mass is 16.5. The van der Waals surface area contributed by atoms with Gasteiger partial charge in [-0.3, -0.25) is 9.89 Å². The Balaban J connectivity index is 1.27. The molecule has 0 bridgehead atoms. The summed E-state index contributed by atoms with van der Waals surface area (Å²) in [6.07, 6.45) is 1.13. The number of H-pyrrole nitrogens is 1. The zero-order valence-electron chi connectivity index (χ0n) is 18.5. The van der Waals surface area contributed by atoms with Gasteiger partial charge in [-0.1, -0.05) is 66.7 Å². The highest BCUT2D eigenvalue weighted by molar-refractivity contribution is 5.92. The summed E-state index contributed by atoms with van der Waals surface area (Å²) in [7, 11) is 1.68. The quantitative estimate of drug-likeness (QED) is 0.452. The molecule has 0 fully saturated rings. The van der Waals surface area contributed by atoms with Crippen LogP contribution in [-0.2, 0) is 24.2 Å². The van der Waals surface area contributed by atoms with Crippen LogP contribution in [0.5, 0.6) is 5.75 Å². The van der Waals surface area contributed by atoms with Gasteiger partial charge in [0.15, 0.2) is 5.82 Å². The first-order valence-corrected chi connectivity index (χ1v) is 11.1. The van der Waals surface area contributed by atoms with Crippen LogP contribution in [-0.4, -0.2) is 29.8 Å². The fraction of sp³-hybridized carbons (Fsp3) is 0.185. The van der Waals surface area contributed by atoms with Crippen molar-refractivity contribution in [3.05, 3.63) is 95.7 Å². The number of amides is 1. The second kappa shape index (κ2) is 9.20. The van der Waals surface area contributed by atoms with Gasteiger partial charge in [-0.2, -0.15) is 5.10 Å². The summed E-state index contributed by atoms with van der Waals surface area (Å²) in [5.74, 6) is 1.37. The summed E-state index contributed by atoms with van der Waals surface area (Å²) in [5.41, 5.74) is 6.41. The van der Waals surface area contributed by atoms with Crippen LogP contribution < -0.4 is 15.0 Å². The molecule has 0 aliphatic carbocycles. The number of aromatic nitrogens is 2. The normalized spacial score (nSPS) is 12.8. The molecule has 1 amide bonds. The van der Waals surface area contributed by atoms with Crippen LogP contribution in [0.2, 0.25) is 0 Å². The molecule has 0 saturated carbocycles. The average molecular weight is 439 g/mol. The minimum atomic E-state index is -0.0776. The lowest BCUT2D eigenvalue weighted by atomic mass is 10.0. The summed E-state index contributed by atoms with van der Waals surface area (Å²) in [4.78, 5) is 15.0. The molecule has 2 N–H and O–H groups in total. The number of hydrogen-bond donors (Lipinski definition) is 2. The molecule has 0 atom stereocenters. The molecule has 5 rings (SSSR count). The van der Waals surface area contributed by atoms with Crippen molar-refractivity contribution in [3.8, 4) is 16.9 Å². The molecule has 0 spiro atoms. The number of rotatable bonds is 6. The number of nitrogens with one attached hydrogen (secondary N) is 2. The summed E-state index contributed by atoms with van der Waals surface area (Å²) in [5, 5.41) is 10.5. The Morgan fingerprint density at radius 2 is 1.73 bits per heavy atom. The first kappa shape index (κ1) is 20.8. The standard InChI is InChI=1S/C27H26N4O2/c1-33-25-10-6-5-9-24(25)31-16-15-23-22(18-31)27(30-29-23)28-26(32)17-19-11-13-21(14-12-19)20-7-3-2-4-8-20/h2-14H,15-18H2,1H3,(H2,28,29,30,32). The highest BCUT2D eigenvalue weighted by Crippen LogP contribution is 2.33. The number of hydrogen-bond acceptors (Lipinski definition) is 4. The Hall–Kier alpha value is -4.06. The summed E-state index contributed by atoms with van der Waals surface area (Å²) < 4.78 is 5.53. The van der Waals surface area contributed by atoms with Crippen LogP contribution in [0.15, 0.2) is 78.9 Å². The van der Waals surface area contributed by atoms with E-state index in [9.17, 15) is 4.79 Å². The molecule has 1 aromatic heterocycles. The van der Waals surface area contributed by atoms with Crippen LogP contribution in [0.1, 0.15) is 16.8 Å². The van der Waals surface area contributed by atoms with Crippen LogP contribution in [0.3, 0.4) is 0 Å². The minimum absolute atomic E-state index is 0.0776. The SMILES string of the molecule is COc1ccccc1N1CCc2[nH]nc(NC(=O)Cc3ccc(-c4ccccc4)cc3)c2C1. The van der Waals surface area contributed by atoms with Crippen LogP contribution in [0.4, 0.5) is 11.5 Å². The molecule has 33 heavy (non-hydrogen) atoms. The number of aromatic amines is 1. The Morgan fingerprint density at radius 3 is 2.52 bits per heavy atom. The molecular weight excluding hydrogens is 412 g/mol. The molecule has 6 nitrogen and oxygen atoms in total. The van der Waals surface area contributed by atoms with E-state index in [1.165, 1.54) is 0 Å². The molecular formula is C27H26N4O2. The van der Waals surface area contributed by atoms with Crippen molar-refractivity contribution < 1.29 is 9.53 Å². The smallest absolute Gasteiger partial charge is 0.230 e. The predicted molar refractivity (Wildman–Crippen MR) is 131 cm³/mol. The van der Waals surface area contributed by atoms with Crippen molar-refractivity contribution in [2.24, 2.45) is 0 Å². The summed E-state index contributed by atoms with van der Waals surface area (Å²) in [6.45, 7) is 1.52. The van der Waals surface area contributed by atoms with E-state index in [2.05, 4.69) is 50.7 Å². The lowest BCUT2D eigenvalue weighted by Crippen LogP contribution is -2.31. The van der Waals surface area contributed by atoms with E-state index in [1.54, 1.807) is 7.11 Å². The van der Waals surface area contributed by atoms with Gasteiger partial charge in [-0.15, -0.1) is 0 Å². The van der Waals surface area contributed by atoms with E-state index in [-0.39, 0.29) is 5.91 Å². The van der Waals surface area contributed by atoms with Gasteiger partial charge in [-0.25, -0.2) is 0 Å². The predicted octanol–water partition coefficient (Wildman–Crippen LogP) is 4.83. The Labute approximate surface area is 193 Å². The number of carbonyl (C=O) groups is 1. The maximum absolute atomic E-state index is 12.8. The molecule has 2 heterocycles. The number of nitrogens with zero attached hydrogens (tertiary/aromatic N) is 2. The largest absolute Gasteiger partial charge is 0.495 e. The number of methoxy groups -OCH3 is 1. The number of anilines is 2. The van der Waals surface area contributed by atoms with Gasteiger partial charge in [0.2, 0.25) is 5.91 Å². The molecule has 0 saturated heterocycles. The number of para-hydroxylation sites is 2. The summed E-state index contributed by atoms with van der Waals surface area (Å²) in [6, 6.07) is 26.3. The van der Waals surface area contributed by atoms with Gasteiger partial charge in [0.25, 0.3) is 0 Å². The molecule has 0 radical (unpaired) electrons. The lowest BCUT2D eigenvalue weighted by Gasteiger charge is -2.30. The third kappa shape index (κ3) is 4.46. The van der Waals surface area contributed by atoms with Crippen LogP contribution in [0.25, 0.3) is 11.1 Å². The van der Waals surface area contributed by atoms with E-state index in [0.29, 0.717) is 18.8 Å². The third-order valence-corrected chi connectivity index (χ3v) is 6.04. The Bertz CT molecular complexity index is 1250. The number of fused-ring (bicyclic) bond motifs is 1. The van der Waals surface area contributed by atoms with E-state index >= 15 is 0 Å². The molecule has 0 unspecified atom stereocenters. The van der Waals surface area contributed by atoms with Crippen molar-refractivity contribution in [3.63, 3.8) is 0 Å². The maximum Gasteiger partial charge on any atom is 0.230 e. The van der Waals surface area contributed by atoms with Gasteiger partial charge in [-0.05, 0) is 28.8 Å². The minimum Gasteiger partial charge on any atom is -0.495 e. The van der Waals surface area contributed by atoms with Crippen molar-refractivity contribution in [1.82, 2.24) is 10.2 Å². The van der Waals surface area contributed by atoms with Crippen molar-refractivity contribution in [2.45, 2.75) is 19.4 Å². The highest BCUT2D eigenvalue weighted by Gasteiger charge is 2.24. The van der Waals surface area contributed by atoms with E-state index in [1.807, 2.05) is 48.5 Å². The maximum atomic E-state index is 12.8. The fourth-order valence-electron chi connectivity index (χ4n) is 4.30. The topological polar surface area (TPSA) is 70.2 Å². The number of carbonyl (C=O) groups excluding carboxylic acids is 1. The van der Waals surface area contributed by atoms with E-state index in [4.69, 9.17) is 4.74 Å². The third-order valence-electron chi connectivity index (χ3n) is 6.04. The van der Waals surface area contributed by atoms with Gasteiger partial charge in [0.1, 0.15) is 5.75 Å². The first-order chi connectivity index (χ1) is 16.2. The van der Waals surface area contributed by atoms with Crippen molar-refractivity contribution in [2.75, 3.05) is 23.9 Å². The molecule has 1 aliphatic rings. The van der Waals surface area contributed by atoms with E-state index < -0.39 is 0 Å². The monoisotopic (exact) mass is 438 g/mol. The first-order valence-electron chi connectivity index (χ1n) is 11.1. The number of benzene rings is 3. The molecule has 4 aromatic rings. The Kier molecular flexibility index (Phi) is 5.81. The van der Waals surface area contributed by atoms with Gasteiger partial charge in [0, 0.05) is 30.8 Å². The van der Waals surface area contributed by atoms with Gasteiger partial charge >= 0.3 is 0 Å². The summed E-state index contributed by atoms with van der Waals surface area (Å²) >= 11 is 0. The van der Waals surface area contributed by atoms with Crippen LogP contribution >= 0.6 is 0 Å². The molecule has 166 valence electrons. The van der Waals surface area contributed by atoms with Crippen LogP contribution in [0, 0.1) is 0 Å². The zero-order chi connectivity index (χ0) is 22.6. The van der Waals surface area contributed by atoms with Crippen molar-refractivity contribution in [1.29, 1.82) is 0 Å². The molecule has 6 heteroatoms.